The maximum atomic E-state index is 5.07. The normalized spacial score (nSPS) is 14.9. The van der Waals surface area contributed by atoms with Crippen LogP contribution in [-0.2, 0) is 5.41 Å². The fourth-order valence-electron chi connectivity index (χ4n) is 7.27. The lowest BCUT2D eigenvalue weighted by Crippen LogP contribution is -2.27. The Labute approximate surface area is 247 Å². The summed E-state index contributed by atoms with van der Waals surface area (Å²) in [5.74, 6) is 0.740. The highest BCUT2D eigenvalue weighted by molar-refractivity contribution is 5.85. The summed E-state index contributed by atoms with van der Waals surface area (Å²) in [6.45, 7) is 0. The van der Waals surface area contributed by atoms with Crippen LogP contribution in [0.4, 0.5) is 0 Å². The summed E-state index contributed by atoms with van der Waals surface area (Å²) >= 11 is 0. The van der Waals surface area contributed by atoms with Gasteiger partial charge < -0.3 is 0 Å². The van der Waals surface area contributed by atoms with Gasteiger partial charge in [-0.3, -0.25) is 0 Å². The molecule has 202 valence electrons. The van der Waals surface area contributed by atoms with Gasteiger partial charge in [0.2, 0.25) is 0 Å². The Morgan fingerprint density at radius 3 is 1.69 bits per heavy atom. The first-order valence-corrected chi connectivity index (χ1v) is 15.1. The van der Waals surface area contributed by atoms with Crippen molar-refractivity contribution in [2.75, 3.05) is 0 Å². The van der Waals surface area contributed by atoms with Gasteiger partial charge in [0.1, 0.15) is 0 Å². The highest BCUT2D eigenvalue weighted by Gasteiger charge is 2.43. The van der Waals surface area contributed by atoms with Gasteiger partial charge in [-0.1, -0.05) is 135 Å². The molecule has 1 saturated carbocycles. The van der Waals surface area contributed by atoms with Crippen LogP contribution in [0.15, 0.2) is 133 Å². The fraction of sp³-hybridized carbons (Fsp3) is 0.150. The lowest BCUT2D eigenvalue weighted by Gasteiger charge is -2.36. The van der Waals surface area contributed by atoms with Gasteiger partial charge in [-0.05, 0) is 64.4 Å². The third kappa shape index (κ3) is 4.18. The quantitative estimate of drug-likeness (QED) is 0.222. The van der Waals surface area contributed by atoms with Crippen molar-refractivity contribution < 1.29 is 0 Å². The average molecular weight is 541 g/mol. The maximum absolute atomic E-state index is 5.07. The minimum atomic E-state index is 0.185. The van der Waals surface area contributed by atoms with Crippen LogP contribution in [0.1, 0.15) is 43.2 Å². The first-order valence-electron chi connectivity index (χ1n) is 15.1. The Hall–Kier alpha value is -4.82. The number of aromatic nitrogens is 2. The molecule has 42 heavy (non-hydrogen) atoms. The Bertz CT molecular complexity index is 1840. The van der Waals surface area contributed by atoms with Crippen LogP contribution >= 0.6 is 0 Å². The van der Waals surface area contributed by atoms with Crippen molar-refractivity contribution in [2.24, 2.45) is 0 Å². The Morgan fingerprint density at radius 1 is 0.405 bits per heavy atom. The van der Waals surface area contributed by atoms with Crippen molar-refractivity contribution in [3.8, 4) is 56.2 Å². The van der Waals surface area contributed by atoms with Gasteiger partial charge in [-0.15, -0.1) is 0 Å². The van der Waals surface area contributed by atoms with E-state index in [9.17, 15) is 0 Å². The fourth-order valence-corrected chi connectivity index (χ4v) is 7.27. The monoisotopic (exact) mass is 540 g/mol. The van der Waals surface area contributed by atoms with E-state index in [2.05, 4.69) is 121 Å². The molecule has 1 aromatic heterocycles. The van der Waals surface area contributed by atoms with E-state index in [1.54, 1.807) is 0 Å². The molecule has 0 unspecified atom stereocenters. The van der Waals surface area contributed by atoms with Gasteiger partial charge in [-0.2, -0.15) is 0 Å². The molecular weight excluding hydrogens is 508 g/mol. The lowest BCUT2D eigenvalue weighted by molar-refractivity contribution is 0.353. The number of nitrogens with zero attached hydrogens (tertiary/aromatic N) is 2. The summed E-state index contributed by atoms with van der Waals surface area (Å²) in [6, 6.07) is 47.9. The molecule has 0 N–H and O–H groups in total. The van der Waals surface area contributed by atoms with E-state index in [-0.39, 0.29) is 5.41 Å². The van der Waals surface area contributed by atoms with E-state index in [0.717, 1.165) is 33.9 Å². The first-order chi connectivity index (χ1) is 20.8. The van der Waals surface area contributed by atoms with Crippen LogP contribution in [0.25, 0.3) is 56.2 Å². The predicted molar refractivity (Wildman–Crippen MR) is 173 cm³/mol. The average Bonchev–Trinajstić information content (AvgIpc) is 3.34. The standard InChI is InChI=1S/C40H32N2/c1-4-13-28(14-5-1)37-27-38(29-15-6-2-7-16-29)42-39(41-37)32-18-12-17-30(25-32)31-21-22-36-34(26-31)33-19-8-9-20-35(33)40(36)23-10-3-11-24-40/h1-2,4-9,12-22,25-27H,3,10-11,23-24H2. The van der Waals surface area contributed by atoms with Crippen molar-refractivity contribution in [2.45, 2.75) is 37.5 Å². The van der Waals surface area contributed by atoms with Crippen LogP contribution in [0.2, 0.25) is 0 Å². The SMILES string of the molecule is c1ccc(-c2cc(-c3ccccc3)nc(-c3cccc(-c4ccc5c(c4)-c4ccccc4C54CCCCC4)c3)n2)cc1. The molecule has 5 aromatic carbocycles. The predicted octanol–water partition coefficient (Wildman–Crippen LogP) is 10.4. The smallest absolute Gasteiger partial charge is 0.160 e. The van der Waals surface area contributed by atoms with E-state index in [1.165, 1.54) is 65.5 Å². The van der Waals surface area contributed by atoms with Crippen molar-refractivity contribution in [3.63, 3.8) is 0 Å². The summed E-state index contributed by atoms with van der Waals surface area (Å²) in [5, 5.41) is 0. The van der Waals surface area contributed by atoms with Crippen LogP contribution in [-0.4, -0.2) is 9.97 Å². The molecule has 0 bridgehead atoms. The number of benzene rings is 5. The molecule has 0 saturated heterocycles. The molecular formula is C40H32N2. The second-order valence-electron chi connectivity index (χ2n) is 11.7. The summed E-state index contributed by atoms with van der Waals surface area (Å²) in [7, 11) is 0. The Kier molecular flexibility index (Phi) is 6.07. The van der Waals surface area contributed by atoms with E-state index >= 15 is 0 Å². The second kappa shape index (κ2) is 10.2. The highest BCUT2D eigenvalue weighted by Crippen LogP contribution is 2.56. The minimum absolute atomic E-state index is 0.185. The Balaban J connectivity index is 1.23. The number of hydrogen-bond donors (Lipinski definition) is 0. The summed E-state index contributed by atoms with van der Waals surface area (Å²) in [6.07, 6.45) is 6.48. The van der Waals surface area contributed by atoms with E-state index in [0.29, 0.717) is 0 Å². The van der Waals surface area contributed by atoms with Crippen LogP contribution in [0.5, 0.6) is 0 Å². The minimum Gasteiger partial charge on any atom is -0.228 e. The molecule has 2 aliphatic rings. The van der Waals surface area contributed by atoms with Gasteiger partial charge in [0.15, 0.2) is 5.82 Å². The van der Waals surface area contributed by atoms with Gasteiger partial charge in [-0.25, -0.2) is 9.97 Å². The molecule has 8 rings (SSSR count). The first kappa shape index (κ1) is 24.9. The molecule has 0 aliphatic heterocycles. The number of fused-ring (bicyclic) bond motifs is 5. The van der Waals surface area contributed by atoms with Crippen molar-refractivity contribution in [3.05, 3.63) is 145 Å². The number of hydrogen-bond acceptors (Lipinski definition) is 2. The molecule has 2 nitrogen and oxygen atoms in total. The van der Waals surface area contributed by atoms with Gasteiger partial charge >= 0.3 is 0 Å². The highest BCUT2D eigenvalue weighted by atomic mass is 14.9. The van der Waals surface area contributed by atoms with E-state index < -0.39 is 0 Å². The molecule has 1 heterocycles. The Morgan fingerprint density at radius 2 is 0.976 bits per heavy atom. The van der Waals surface area contributed by atoms with Gasteiger partial charge in [0, 0.05) is 22.1 Å². The number of rotatable bonds is 4. The summed E-state index contributed by atoms with van der Waals surface area (Å²) < 4.78 is 0. The summed E-state index contributed by atoms with van der Waals surface area (Å²) in [4.78, 5) is 10.1. The van der Waals surface area contributed by atoms with Gasteiger partial charge in [0.05, 0.1) is 11.4 Å². The molecule has 1 spiro atoms. The van der Waals surface area contributed by atoms with Crippen LogP contribution in [0.3, 0.4) is 0 Å². The molecule has 6 aromatic rings. The van der Waals surface area contributed by atoms with E-state index in [1.807, 2.05) is 12.1 Å². The third-order valence-electron chi connectivity index (χ3n) is 9.29. The molecule has 2 aliphatic carbocycles. The lowest BCUT2D eigenvalue weighted by atomic mass is 9.68. The molecule has 0 radical (unpaired) electrons. The van der Waals surface area contributed by atoms with Crippen LogP contribution in [0, 0.1) is 0 Å². The third-order valence-corrected chi connectivity index (χ3v) is 9.29. The summed E-state index contributed by atoms with van der Waals surface area (Å²) in [5.41, 5.74) is 13.5. The largest absolute Gasteiger partial charge is 0.228 e. The second-order valence-corrected chi connectivity index (χ2v) is 11.7. The maximum Gasteiger partial charge on any atom is 0.160 e. The van der Waals surface area contributed by atoms with Gasteiger partial charge in [0.25, 0.3) is 0 Å². The molecule has 2 heteroatoms. The van der Waals surface area contributed by atoms with E-state index in [4.69, 9.17) is 9.97 Å². The van der Waals surface area contributed by atoms with Crippen molar-refractivity contribution in [1.29, 1.82) is 0 Å². The molecule has 0 amide bonds. The van der Waals surface area contributed by atoms with Crippen LogP contribution < -0.4 is 0 Å². The van der Waals surface area contributed by atoms with Crippen molar-refractivity contribution >= 4 is 0 Å². The zero-order valence-corrected chi connectivity index (χ0v) is 23.6. The zero-order valence-electron chi connectivity index (χ0n) is 23.6. The molecule has 0 atom stereocenters. The van der Waals surface area contributed by atoms with Crippen molar-refractivity contribution in [1.82, 2.24) is 9.97 Å². The topological polar surface area (TPSA) is 25.8 Å². The zero-order chi connectivity index (χ0) is 27.9. The molecule has 1 fully saturated rings.